The van der Waals surface area contributed by atoms with E-state index in [-0.39, 0.29) is 0 Å². The lowest BCUT2D eigenvalue weighted by Crippen LogP contribution is -1.90. The molecule has 4 nitrogen and oxygen atoms in total. The SMILES string of the molecule is Cc1c2ccncc2cc2c3cc(Oc4ccncc4)ccc3n(C)c12. The number of aryl methyl sites for hydroxylation is 2. The zero-order chi connectivity index (χ0) is 17.7. The molecule has 0 N–H and O–H groups in total. The minimum atomic E-state index is 0.783. The van der Waals surface area contributed by atoms with Crippen molar-refractivity contribution in [1.29, 1.82) is 0 Å². The monoisotopic (exact) mass is 339 g/mol. The van der Waals surface area contributed by atoms with Crippen LogP contribution in [0.2, 0.25) is 0 Å². The summed E-state index contributed by atoms with van der Waals surface area (Å²) in [4.78, 5) is 8.31. The van der Waals surface area contributed by atoms with E-state index in [1.807, 2.05) is 30.6 Å². The highest BCUT2D eigenvalue weighted by molar-refractivity contribution is 6.14. The maximum atomic E-state index is 6.00. The van der Waals surface area contributed by atoms with Crippen LogP contribution in [0.1, 0.15) is 5.56 Å². The second-order valence-corrected chi connectivity index (χ2v) is 6.52. The molecule has 0 amide bonds. The van der Waals surface area contributed by atoms with Crippen molar-refractivity contribution in [1.82, 2.24) is 14.5 Å². The Labute approximate surface area is 150 Å². The van der Waals surface area contributed by atoms with Crippen LogP contribution in [0.25, 0.3) is 32.6 Å². The van der Waals surface area contributed by atoms with E-state index in [0.717, 1.165) is 16.9 Å². The average Bonchev–Trinajstić information content (AvgIpc) is 2.95. The zero-order valence-electron chi connectivity index (χ0n) is 14.6. The fourth-order valence-electron chi connectivity index (χ4n) is 3.80. The van der Waals surface area contributed by atoms with Crippen LogP contribution < -0.4 is 4.74 Å². The number of ether oxygens (including phenoxy) is 1. The van der Waals surface area contributed by atoms with Gasteiger partial charge in [0.15, 0.2) is 0 Å². The molecule has 4 heteroatoms. The largest absolute Gasteiger partial charge is 0.457 e. The van der Waals surface area contributed by atoms with Crippen LogP contribution >= 0.6 is 0 Å². The van der Waals surface area contributed by atoms with Crippen molar-refractivity contribution in [3.8, 4) is 11.5 Å². The van der Waals surface area contributed by atoms with Crippen molar-refractivity contribution in [2.45, 2.75) is 6.92 Å². The molecule has 0 fully saturated rings. The highest BCUT2D eigenvalue weighted by Gasteiger charge is 2.14. The normalized spacial score (nSPS) is 11.5. The van der Waals surface area contributed by atoms with Gasteiger partial charge in [-0.2, -0.15) is 0 Å². The van der Waals surface area contributed by atoms with E-state index in [1.165, 1.54) is 32.8 Å². The Morgan fingerprint density at radius 3 is 2.46 bits per heavy atom. The van der Waals surface area contributed by atoms with Gasteiger partial charge in [-0.1, -0.05) is 0 Å². The molecule has 0 aliphatic carbocycles. The maximum absolute atomic E-state index is 6.00. The molecule has 0 aliphatic heterocycles. The van der Waals surface area contributed by atoms with Gasteiger partial charge >= 0.3 is 0 Å². The van der Waals surface area contributed by atoms with Crippen molar-refractivity contribution in [2.24, 2.45) is 7.05 Å². The van der Waals surface area contributed by atoms with Gasteiger partial charge in [0.25, 0.3) is 0 Å². The molecule has 0 spiro atoms. The summed E-state index contributed by atoms with van der Waals surface area (Å²) in [7, 11) is 2.12. The van der Waals surface area contributed by atoms with Crippen molar-refractivity contribution >= 4 is 32.6 Å². The third kappa shape index (κ3) is 2.15. The van der Waals surface area contributed by atoms with Crippen molar-refractivity contribution < 1.29 is 4.74 Å². The topological polar surface area (TPSA) is 39.9 Å². The Bertz CT molecular complexity index is 1270. The molecular formula is C22H17N3O. The second-order valence-electron chi connectivity index (χ2n) is 6.52. The van der Waals surface area contributed by atoms with Gasteiger partial charge in [-0.05, 0) is 60.3 Å². The Balaban J connectivity index is 1.78. The molecule has 5 aromatic rings. The summed E-state index contributed by atoms with van der Waals surface area (Å²) in [6.45, 7) is 2.18. The van der Waals surface area contributed by atoms with Gasteiger partial charge in [0.1, 0.15) is 11.5 Å². The molecule has 0 aliphatic rings. The zero-order valence-corrected chi connectivity index (χ0v) is 14.6. The van der Waals surface area contributed by atoms with E-state index in [9.17, 15) is 0 Å². The molecule has 5 rings (SSSR count). The second kappa shape index (κ2) is 5.56. The molecule has 0 saturated carbocycles. The molecule has 26 heavy (non-hydrogen) atoms. The highest BCUT2D eigenvalue weighted by Crippen LogP contribution is 2.36. The van der Waals surface area contributed by atoms with Crippen LogP contribution in [-0.2, 0) is 7.05 Å². The third-order valence-electron chi connectivity index (χ3n) is 5.01. The molecule has 3 heterocycles. The van der Waals surface area contributed by atoms with Crippen molar-refractivity contribution in [2.75, 3.05) is 0 Å². The summed E-state index contributed by atoms with van der Waals surface area (Å²) >= 11 is 0. The number of benzene rings is 2. The van der Waals surface area contributed by atoms with Gasteiger partial charge in [0.2, 0.25) is 0 Å². The summed E-state index contributed by atoms with van der Waals surface area (Å²) in [6, 6.07) is 14.3. The van der Waals surface area contributed by atoms with E-state index in [0.29, 0.717) is 0 Å². The van der Waals surface area contributed by atoms with E-state index < -0.39 is 0 Å². The predicted octanol–water partition coefficient (Wildman–Crippen LogP) is 5.38. The lowest BCUT2D eigenvalue weighted by Gasteiger charge is -2.06. The molecule has 0 bridgehead atoms. The number of fused-ring (bicyclic) bond motifs is 4. The minimum absolute atomic E-state index is 0.783. The molecule has 0 unspecified atom stereocenters. The number of nitrogens with zero attached hydrogens (tertiary/aromatic N) is 3. The number of hydrogen-bond donors (Lipinski definition) is 0. The van der Waals surface area contributed by atoms with Gasteiger partial charge in [0, 0.05) is 53.5 Å². The molecule has 2 aromatic carbocycles. The van der Waals surface area contributed by atoms with Gasteiger partial charge in [-0.25, -0.2) is 0 Å². The number of aromatic nitrogens is 3. The Morgan fingerprint density at radius 1 is 0.808 bits per heavy atom. The Kier molecular flexibility index (Phi) is 3.19. The Morgan fingerprint density at radius 2 is 1.62 bits per heavy atom. The maximum Gasteiger partial charge on any atom is 0.130 e. The van der Waals surface area contributed by atoms with E-state index in [2.05, 4.69) is 52.8 Å². The van der Waals surface area contributed by atoms with Crippen molar-refractivity contribution in [3.05, 3.63) is 72.8 Å². The molecule has 0 atom stereocenters. The Hall–Kier alpha value is -3.40. The van der Waals surface area contributed by atoms with Crippen LogP contribution in [0.3, 0.4) is 0 Å². The predicted molar refractivity (Wildman–Crippen MR) is 105 cm³/mol. The van der Waals surface area contributed by atoms with Gasteiger partial charge in [-0.15, -0.1) is 0 Å². The minimum Gasteiger partial charge on any atom is -0.457 e. The fourth-order valence-corrected chi connectivity index (χ4v) is 3.80. The molecule has 0 saturated heterocycles. The highest BCUT2D eigenvalue weighted by atomic mass is 16.5. The van der Waals surface area contributed by atoms with E-state index in [1.54, 1.807) is 12.4 Å². The molecule has 126 valence electrons. The van der Waals surface area contributed by atoms with Crippen LogP contribution in [-0.4, -0.2) is 14.5 Å². The van der Waals surface area contributed by atoms with Gasteiger partial charge < -0.3 is 9.30 Å². The summed E-state index contributed by atoms with van der Waals surface area (Å²) in [5.41, 5.74) is 3.71. The molecule has 0 radical (unpaired) electrons. The smallest absolute Gasteiger partial charge is 0.130 e. The first kappa shape index (κ1) is 14.9. The van der Waals surface area contributed by atoms with Gasteiger partial charge in [0.05, 0.1) is 5.52 Å². The van der Waals surface area contributed by atoms with Crippen LogP contribution in [0.4, 0.5) is 0 Å². The average molecular weight is 339 g/mol. The summed E-state index contributed by atoms with van der Waals surface area (Å²) in [6.07, 6.45) is 7.24. The fraction of sp³-hybridized carbons (Fsp3) is 0.0909. The summed E-state index contributed by atoms with van der Waals surface area (Å²) in [5.74, 6) is 1.60. The lowest BCUT2D eigenvalue weighted by molar-refractivity contribution is 0.482. The number of pyridine rings is 2. The van der Waals surface area contributed by atoms with Crippen LogP contribution in [0.15, 0.2) is 67.3 Å². The quantitative estimate of drug-likeness (QED) is 0.434. The summed E-state index contributed by atoms with van der Waals surface area (Å²) < 4.78 is 8.26. The first-order chi connectivity index (χ1) is 12.7. The number of rotatable bonds is 2. The number of hydrogen-bond acceptors (Lipinski definition) is 3. The molecule has 3 aromatic heterocycles. The van der Waals surface area contributed by atoms with E-state index in [4.69, 9.17) is 4.74 Å². The van der Waals surface area contributed by atoms with Crippen molar-refractivity contribution in [3.63, 3.8) is 0 Å². The van der Waals surface area contributed by atoms with Crippen LogP contribution in [0, 0.1) is 6.92 Å². The summed E-state index contributed by atoms with van der Waals surface area (Å²) in [5, 5.41) is 4.81. The first-order valence-corrected chi connectivity index (χ1v) is 8.56. The molecular weight excluding hydrogens is 322 g/mol. The lowest BCUT2D eigenvalue weighted by atomic mass is 10.0. The van der Waals surface area contributed by atoms with Crippen LogP contribution in [0.5, 0.6) is 11.5 Å². The standard InChI is InChI=1S/C22H17N3O/c1-14-18-7-10-24-13-15(18)11-20-19-12-17(26-16-5-8-23-9-6-16)3-4-21(19)25(2)22(14)20/h3-13H,1-2H3. The third-order valence-corrected chi connectivity index (χ3v) is 5.01. The van der Waals surface area contributed by atoms with Gasteiger partial charge in [-0.3, -0.25) is 9.97 Å². The van der Waals surface area contributed by atoms with E-state index >= 15 is 0 Å². The first-order valence-electron chi connectivity index (χ1n) is 8.56.